The van der Waals surface area contributed by atoms with Crippen molar-refractivity contribution in [1.29, 1.82) is 5.26 Å². The molecule has 0 aliphatic carbocycles. The molecule has 1 aromatic heterocycles. The number of anilines is 1. The van der Waals surface area contributed by atoms with Crippen LogP contribution in [-0.2, 0) is 24.2 Å². The van der Waals surface area contributed by atoms with Gasteiger partial charge in [-0.1, -0.05) is 13.8 Å². The summed E-state index contributed by atoms with van der Waals surface area (Å²) in [6.45, 7) is 10.1. The molecule has 0 unspecified atom stereocenters. The Morgan fingerprint density at radius 1 is 1.41 bits per heavy atom. The fraction of sp³-hybridized carbons (Fsp3) is 0.647. The zero-order chi connectivity index (χ0) is 16.3. The molecule has 120 valence electrons. The molecule has 5 nitrogen and oxygen atoms in total. The Bertz CT molecular complexity index is 587. The van der Waals surface area contributed by atoms with Crippen LogP contribution in [0.3, 0.4) is 0 Å². The number of nitrogens with zero attached hydrogens (tertiary/aromatic N) is 2. The first kappa shape index (κ1) is 16.7. The van der Waals surface area contributed by atoms with Crippen LogP contribution in [0.5, 0.6) is 0 Å². The van der Waals surface area contributed by atoms with Crippen molar-refractivity contribution in [3.63, 3.8) is 0 Å². The van der Waals surface area contributed by atoms with Crippen molar-refractivity contribution in [3.05, 3.63) is 22.4 Å². The Labute approximate surface area is 132 Å². The monoisotopic (exact) mass is 302 g/mol. The SMILES string of the molecule is CC(C)Cc1nc(NCCN)c2c(c1C#N)CC(C)(C)OC2. The first-order valence-corrected chi connectivity index (χ1v) is 7.90. The Balaban J connectivity index is 2.55. The van der Waals surface area contributed by atoms with Crippen molar-refractivity contribution in [2.45, 2.75) is 52.7 Å². The van der Waals surface area contributed by atoms with Crippen LogP contribution in [-0.4, -0.2) is 23.7 Å². The molecule has 0 aromatic carbocycles. The maximum absolute atomic E-state index is 9.65. The van der Waals surface area contributed by atoms with Crippen LogP contribution >= 0.6 is 0 Å². The molecular weight excluding hydrogens is 276 g/mol. The number of ether oxygens (including phenoxy) is 1. The molecular formula is C17H26N4O. The van der Waals surface area contributed by atoms with E-state index in [1.54, 1.807) is 0 Å². The number of hydrogen-bond acceptors (Lipinski definition) is 5. The predicted octanol–water partition coefficient (Wildman–Crippen LogP) is 2.37. The summed E-state index contributed by atoms with van der Waals surface area (Å²) < 4.78 is 5.91. The summed E-state index contributed by atoms with van der Waals surface area (Å²) in [4.78, 5) is 4.71. The van der Waals surface area contributed by atoms with Gasteiger partial charge in [0.05, 0.1) is 23.5 Å². The highest BCUT2D eigenvalue weighted by atomic mass is 16.5. The topological polar surface area (TPSA) is 84.0 Å². The lowest BCUT2D eigenvalue weighted by Gasteiger charge is -2.34. The smallest absolute Gasteiger partial charge is 0.132 e. The van der Waals surface area contributed by atoms with Gasteiger partial charge in [-0.05, 0) is 31.7 Å². The minimum absolute atomic E-state index is 0.250. The number of fused-ring (bicyclic) bond motifs is 1. The zero-order valence-corrected chi connectivity index (χ0v) is 14.0. The molecule has 2 heterocycles. The maximum atomic E-state index is 9.65. The number of nitrogens with two attached hydrogens (primary N) is 1. The molecule has 0 spiro atoms. The normalized spacial score (nSPS) is 16.2. The molecule has 0 amide bonds. The highest BCUT2D eigenvalue weighted by Gasteiger charge is 2.31. The summed E-state index contributed by atoms with van der Waals surface area (Å²) in [6, 6.07) is 2.38. The van der Waals surface area contributed by atoms with E-state index in [-0.39, 0.29) is 5.60 Å². The molecule has 2 rings (SSSR count). The number of hydrogen-bond donors (Lipinski definition) is 2. The van der Waals surface area contributed by atoms with E-state index in [0.717, 1.165) is 41.0 Å². The summed E-state index contributed by atoms with van der Waals surface area (Å²) in [7, 11) is 0. The van der Waals surface area contributed by atoms with Crippen LogP contribution < -0.4 is 11.1 Å². The highest BCUT2D eigenvalue weighted by molar-refractivity contribution is 5.58. The molecule has 3 N–H and O–H groups in total. The van der Waals surface area contributed by atoms with E-state index >= 15 is 0 Å². The number of nitrogens with one attached hydrogen (secondary N) is 1. The third-order valence-electron chi connectivity index (χ3n) is 3.85. The lowest BCUT2D eigenvalue weighted by Crippen LogP contribution is -2.34. The second-order valence-corrected chi connectivity index (χ2v) is 6.89. The molecule has 0 saturated heterocycles. The van der Waals surface area contributed by atoms with Gasteiger partial charge in [0.25, 0.3) is 0 Å². The van der Waals surface area contributed by atoms with Crippen molar-refractivity contribution in [2.24, 2.45) is 11.7 Å². The Kier molecular flexibility index (Phi) is 5.05. The van der Waals surface area contributed by atoms with E-state index in [1.807, 2.05) is 0 Å². The van der Waals surface area contributed by atoms with Crippen LogP contribution in [0.2, 0.25) is 0 Å². The average molecular weight is 302 g/mol. The second-order valence-electron chi connectivity index (χ2n) is 6.89. The van der Waals surface area contributed by atoms with Crippen LogP contribution in [0.4, 0.5) is 5.82 Å². The highest BCUT2D eigenvalue weighted by Crippen LogP contribution is 2.35. The Morgan fingerprint density at radius 2 is 2.14 bits per heavy atom. The Hall–Kier alpha value is -1.64. The molecule has 22 heavy (non-hydrogen) atoms. The van der Waals surface area contributed by atoms with E-state index in [2.05, 4.69) is 39.1 Å². The van der Waals surface area contributed by atoms with E-state index in [4.69, 9.17) is 15.5 Å². The minimum Gasteiger partial charge on any atom is -0.370 e. The first-order valence-electron chi connectivity index (χ1n) is 7.90. The fourth-order valence-corrected chi connectivity index (χ4v) is 2.82. The zero-order valence-electron chi connectivity index (χ0n) is 14.0. The van der Waals surface area contributed by atoms with Crippen molar-refractivity contribution >= 4 is 5.82 Å². The van der Waals surface area contributed by atoms with Crippen molar-refractivity contribution < 1.29 is 4.74 Å². The van der Waals surface area contributed by atoms with E-state index in [1.165, 1.54) is 0 Å². The largest absolute Gasteiger partial charge is 0.370 e. The number of pyridine rings is 1. The Morgan fingerprint density at radius 3 is 2.73 bits per heavy atom. The lowest BCUT2D eigenvalue weighted by molar-refractivity contribution is -0.0400. The standard InChI is InChI=1S/C17H26N4O/c1-11(2)7-15-13(9-19)12-8-17(3,4)22-10-14(12)16(21-15)20-6-5-18/h11H,5-8,10,18H2,1-4H3,(H,20,21). The summed E-state index contributed by atoms with van der Waals surface area (Å²) >= 11 is 0. The van der Waals surface area contributed by atoms with Gasteiger partial charge in [0.2, 0.25) is 0 Å². The fourth-order valence-electron chi connectivity index (χ4n) is 2.82. The molecule has 0 atom stereocenters. The van der Waals surface area contributed by atoms with Crippen LogP contribution in [0, 0.1) is 17.2 Å². The van der Waals surface area contributed by atoms with E-state index < -0.39 is 0 Å². The van der Waals surface area contributed by atoms with Gasteiger partial charge >= 0.3 is 0 Å². The quantitative estimate of drug-likeness (QED) is 0.872. The van der Waals surface area contributed by atoms with Gasteiger partial charge in [0.1, 0.15) is 11.9 Å². The van der Waals surface area contributed by atoms with Gasteiger partial charge < -0.3 is 15.8 Å². The predicted molar refractivity (Wildman–Crippen MR) is 87.6 cm³/mol. The summed E-state index contributed by atoms with van der Waals surface area (Å²) in [5.41, 5.74) is 9.06. The second kappa shape index (κ2) is 6.64. The molecule has 0 saturated carbocycles. The number of aromatic nitrogens is 1. The third kappa shape index (κ3) is 3.57. The van der Waals surface area contributed by atoms with E-state index in [0.29, 0.717) is 25.6 Å². The number of nitriles is 1. The first-order chi connectivity index (χ1) is 10.4. The average Bonchev–Trinajstić information content (AvgIpc) is 2.43. The lowest BCUT2D eigenvalue weighted by atomic mass is 9.87. The van der Waals surface area contributed by atoms with Crippen LogP contribution in [0.15, 0.2) is 0 Å². The van der Waals surface area contributed by atoms with Gasteiger partial charge in [-0.25, -0.2) is 4.98 Å². The van der Waals surface area contributed by atoms with Crippen LogP contribution in [0.1, 0.15) is 50.1 Å². The van der Waals surface area contributed by atoms with Crippen molar-refractivity contribution in [1.82, 2.24) is 4.98 Å². The van der Waals surface area contributed by atoms with Crippen LogP contribution in [0.25, 0.3) is 0 Å². The maximum Gasteiger partial charge on any atom is 0.132 e. The molecule has 0 fully saturated rings. The molecule has 5 heteroatoms. The molecule has 1 aliphatic heterocycles. The number of rotatable bonds is 5. The molecule has 0 bridgehead atoms. The van der Waals surface area contributed by atoms with Crippen molar-refractivity contribution in [3.8, 4) is 6.07 Å². The molecule has 0 radical (unpaired) electrons. The van der Waals surface area contributed by atoms with E-state index in [9.17, 15) is 5.26 Å². The van der Waals surface area contributed by atoms with Gasteiger partial charge in [0, 0.05) is 25.1 Å². The molecule has 1 aliphatic rings. The van der Waals surface area contributed by atoms with Gasteiger partial charge in [-0.2, -0.15) is 5.26 Å². The van der Waals surface area contributed by atoms with Gasteiger partial charge in [-0.15, -0.1) is 0 Å². The molecule has 1 aromatic rings. The van der Waals surface area contributed by atoms with Gasteiger partial charge in [-0.3, -0.25) is 0 Å². The summed E-state index contributed by atoms with van der Waals surface area (Å²) in [5.74, 6) is 1.28. The van der Waals surface area contributed by atoms with Gasteiger partial charge in [0.15, 0.2) is 0 Å². The summed E-state index contributed by atoms with van der Waals surface area (Å²) in [5, 5.41) is 12.9. The summed E-state index contributed by atoms with van der Waals surface area (Å²) in [6.07, 6.45) is 1.53. The third-order valence-corrected chi connectivity index (χ3v) is 3.85. The van der Waals surface area contributed by atoms with Crippen molar-refractivity contribution in [2.75, 3.05) is 18.4 Å². The minimum atomic E-state index is -0.250.